The van der Waals surface area contributed by atoms with Gasteiger partial charge < -0.3 is 14.7 Å². The zero-order chi connectivity index (χ0) is 15.8. The first-order chi connectivity index (χ1) is 11.2. The molecule has 0 bridgehead atoms. The SMILES string of the molecule is Cc1cc(C(=O)N2C[C@@H]3CC[C@@H](Nc4cnccn4)[C@@H]3C2)no1. The van der Waals surface area contributed by atoms with E-state index in [1.165, 1.54) is 0 Å². The van der Waals surface area contributed by atoms with E-state index < -0.39 is 0 Å². The first-order valence-electron chi connectivity index (χ1n) is 7.96. The van der Waals surface area contributed by atoms with E-state index in [4.69, 9.17) is 4.52 Å². The van der Waals surface area contributed by atoms with Gasteiger partial charge in [0.1, 0.15) is 11.6 Å². The van der Waals surface area contributed by atoms with Crippen molar-refractivity contribution in [3.63, 3.8) is 0 Å². The van der Waals surface area contributed by atoms with Crippen molar-refractivity contribution in [2.24, 2.45) is 11.8 Å². The summed E-state index contributed by atoms with van der Waals surface area (Å²) < 4.78 is 5.01. The number of fused-ring (bicyclic) bond motifs is 1. The van der Waals surface area contributed by atoms with Crippen LogP contribution in [0.3, 0.4) is 0 Å². The van der Waals surface area contributed by atoms with E-state index in [2.05, 4.69) is 20.4 Å². The average Bonchev–Trinajstić information content (AvgIpc) is 3.25. The van der Waals surface area contributed by atoms with Gasteiger partial charge in [-0.25, -0.2) is 4.98 Å². The highest BCUT2D eigenvalue weighted by molar-refractivity contribution is 5.92. The van der Waals surface area contributed by atoms with Crippen molar-refractivity contribution in [3.8, 4) is 0 Å². The zero-order valence-corrected chi connectivity index (χ0v) is 13.0. The standard InChI is InChI=1S/C16H19N5O2/c1-10-6-14(20-23-10)16(22)21-8-11-2-3-13(12(11)9-21)19-15-7-17-4-5-18-15/h4-7,11-13H,2-3,8-9H2,1H3,(H,18,19)/t11-,12+,13+/m0/s1. The molecule has 1 amide bonds. The maximum atomic E-state index is 12.5. The summed E-state index contributed by atoms with van der Waals surface area (Å²) >= 11 is 0. The first-order valence-corrected chi connectivity index (χ1v) is 7.96. The molecule has 1 saturated heterocycles. The fourth-order valence-corrected chi connectivity index (χ4v) is 3.80. The highest BCUT2D eigenvalue weighted by Gasteiger charge is 2.44. The lowest BCUT2D eigenvalue weighted by Gasteiger charge is -2.21. The molecule has 23 heavy (non-hydrogen) atoms. The first kappa shape index (κ1) is 14.2. The highest BCUT2D eigenvalue weighted by atomic mass is 16.5. The van der Waals surface area contributed by atoms with Crippen molar-refractivity contribution in [1.29, 1.82) is 0 Å². The van der Waals surface area contributed by atoms with Crippen molar-refractivity contribution in [3.05, 3.63) is 36.1 Å². The van der Waals surface area contributed by atoms with E-state index in [1.54, 1.807) is 31.6 Å². The smallest absolute Gasteiger partial charge is 0.276 e. The number of rotatable bonds is 3. The van der Waals surface area contributed by atoms with Gasteiger partial charge in [-0.3, -0.25) is 9.78 Å². The van der Waals surface area contributed by atoms with Crippen LogP contribution in [0, 0.1) is 18.8 Å². The molecule has 1 saturated carbocycles. The Morgan fingerprint density at radius 1 is 1.35 bits per heavy atom. The van der Waals surface area contributed by atoms with Gasteiger partial charge in [0.25, 0.3) is 5.91 Å². The molecule has 2 fully saturated rings. The summed E-state index contributed by atoms with van der Waals surface area (Å²) in [6.45, 7) is 3.35. The molecule has 4 rings (SSSR count). The van der Waals surface area contributed by atoms with Gasteiger partial charge in [-0.05, 0) is 25.7 Å². The number of amides is 1. The number of aryl methyl sites for hydroxylation is 1. The average molecular weight is 313 g/mol. The maximum Gasteiger partial charge on any atom is 0.276 e. The number of likely N-dealkylation sites (tertiary alicyclic amines) is 1. The Hall–Kier alpha value is -2.44. The normalized spacial score (nSPS) is 26.3. The second-order valence-corrected chi connectivity index (χ2v) is 6.38. The third kappa shape index (κ3) is 2.67. The third-order valence-electron chi connectivity index (χ3n) is 4.89. The molecule has 7 heteroatoms. The van der Waals surface area contributed by atoms with E-state index >= 15 is 0 Å². The summed E-state index contributed by atoms with van der Waals surface area (Å²) in [7, 11) is 0. The van der Waals surface area contributed by atoms with Gasteiger partial charge in [0.05, 0.1) is 6.20 Å². The Balaban J connectivity index is 1.44. The molecule has 0 aromatic carbocycles. The molecule has 3 heterocycles. The van der Waals surface area contributed by atoms with Crippen LogP contribution < -0.4 is 5.32 Å². The maximum absolute atomic E-state index is 12.5. The van der Waals surface area contributed by atoms with E-state index in [1.807, 2.05) is 4.90 Å². The molecule has 0 unspecified atom stereocenters. The zero-order valence-electron chi connectivity index (χ0n) is 13.0. The molecule has 1 aliphatic heterocycles. The van der Waals surface area contributed by atoms with Crippen molar-refractivity contribution in [2.45, 2.75) is 25.8 Å². The fraction of sp³-hybridized carbons (Fsp3) is 0.500. The van der Waals surface area contributed by atoms with Crippen LogP contribution in [0.25, 0.3) is 0 Å². The Kier molecular flexibility index (Phi) is 3.48. The number of hydrogen-bond acceptors (Lipinski definition) is 6. The van der Waals surface area contributed by atoms with Gasteiger partial charge in [-0.2, -0.15) is 0 Å². The molecule has 0 spiro atoms. The summed E-state index contributed by atoms with van der Waals surface area (Å²) in [6, 6.07) is 2.04. The van der Waals surface area contributed by atoms with Crippen molar-refractivity contribution in [1.82, 2.24) is 20.0 Å². The molecule has 7 nitrogen and oxygen atoms in total. The number of hydrogen-bond donors (Lipinski definition) is 1. The Morgan fingerprint density at radius 3 is 3.00 bits per heavy atom. The van der Waals surface area contributed by atoms with Crippen LogP contribution in [0.1, 0.15) is 29.1 Å². The van der Waals surface area contributed by atoms with Crippen LogP contribution in [0.15, 0.2) is 29.2 Å². The Bertz CT molecular complexity index is 702. The monoisotopic (exact) mass is 313 g/mol. The highest BCUT2D eigenvalue weighted by Crippen LogP contribution is 2.39. The molecule has 1 N–H and O–H groups in total. The van der Waals surface area contributed by atoms with Gasteiger partial charge in [-0.1, -0.05) is 5.16 Å². The van der Waals surface area contributed by atoms with Gasteiger partial charge >= 0.3 is 0 Å². The van der Waals surface area contributed by atoms with Crippen molar-refractivity contribution in [2.75, 3.05) is 18.4 Å². The van der Waals surface area contributed by atoms with Gasteiger partial charge in [0.2, 0.25) is 0 Å². The number of carbonyl (C=O) groups excluding carboxylic acids is 1. The molecule has 2 aromatic heterocycles. The minimum absolute atomic E-state index is 0.0329. The number of nitrogens with one attached hydrogen (secondary N) is 1. The molecule has 0 radical (unpaired) electrons. The third-order valence-corrected chi connectivity index (χ3v) is 4.89. The summed E-state index contributed by atoms with van der Waals surface area (Å²) in [5.74, 6) is 2.43. The quantitative estimate of drug-likeness (QED) is 0.929. The molecule has 2 aromatic rings. The number of carbonyl (C=O) groups is 1. The van der Waals surface area contributed by atoms with Crippen molar-refractivity contribution < 1.29 is 9.32 Å². The predicted molar refractivity (Wildman–Crippen MR) is 82.8 cm³/mol. The van der Waals surface area contributed by atoms with E-state index in [9.17, 15) is 4.79 Å². The molecular formula is C16H19N5O2. The largest absolute Gasteiger partial charge is 0.366 e. The van der Waals surface area contributed by atoms with Crippen LogP contribution in [0.5, 0.6) is 0 Å². The van der Waals surface area contributed by atoms with Gasteiger partial charge in [0.15, 0.2) is 5.69 Å². The van der Waals surface area contributed by atoms with E-state index in [0.717, 1.165) is 31.7 Å². The summed E-state index contributed by atoms with van der Waals surface area (Å²) in [6.07, 6.45) is 7.33. The molecular weight excluding hydrogens is 294 g/mol. The van der Waals surface area contributed by atoms with Gasteiger partial charge in [-0.15, -0.1) is 0 Å². The predicted octanol–water partition coefficient (Wildman–Crippen LogP) is 1.74. The summed E-state index contributed by atoms with van der Waals surface area (Å²) in [4.78, 5) is 22.8. The minimum atomic E-state index is -0.0329. The second-order valence-electron chi connectivity index (χ2n) is 6.38. The molecule has 3 atom stereocenters. The second kappa shape index (κ2) is 5.64. The minimum Gasteiger partial charge on any atom is -0.366 e. The van der Waals surface area contributed by atoms with Crippen LogP contribution in [0.2, 0.25) is 0 Å². The van der Waals surface area contributed by atoms with Crippen molar-refractivity contribution >= 4 is 11.7 Å². The molecule has 120 valence electrons. The van der Waals surface area contributed by atoms with Crippen LogP contribution in [0.4, 0.5) is 5.82 Å². The lowest BCUT2D eigenvalue weighted by atomic mass is 9.98. The van der Waals surface area contributed by atoms with E-state index in [0.29, 0.717) is 29.3 Å². The fourth-order valence-electron chi connectivity index (χ4n) is 3.80. The van der Waals surface area contributed by atoms with Crippen LogP contribution in [-0.2, 0) is 0 Å². The Labute approximate surface area is 134 Å². The molecule has 1 aliphatic carbocycles. The summed E-state index contributed by atoms with van der Waals surface area (Å²) in [5.41, 5.74) is 0.404. The summed E-state index contributed by atoms with van der Waals surface area (Å²) in [5, 5.41) is 7.31. The van der Waals surface area contributed by atoms with Crippen LogP contribution >= 0.6 is 0 Å². The Morgan fingerprint density at radius 2 is 2.26 bits per heavy atom. The number of nitrogens with zero attached hydrogens (tertiary/aromatic N) is 4. The number of anilines is 1. The molecule has 2 aliphatic rings. The topological polar surface area (TPSA) is 84.2 Å². The van der Waals surface area contributed by atoms with Crippen LogP contribution in [-0.4, -0.2) is 45.1 Å². The van der Waals surface area contributed by atoms with E-state index in [-0.39, 0.29) is 5.91 Å². The lowest BCUT2D eigenvalue weighted by molar-refractivity contribution is 0.0769. The van der Waals surface area contributed by atoms with Gasteiger partial charge in [0, 0.05) is 43.5 Å². The lowest BCUT2D eigenvalue weighted by Crippen LogP contribution is -2.33. The number of aromatic nitrogens is 3.